The van der Waals surface area contributed by atoms with Gasteiger partial charge in [0.25, 0.3) is 0 Å². The SMILES string of the molecule is COc1ccc([C@@H]2SCC(=O)Nc3ncn(-c4ccc(Br)cc4)c32)cc1O. The average Bonchev–Trinajstić information content (AvgIpc) is 2.98. The smallest absolute Gasteiger partial charge is 0.235 e. The Balaban J connectivity index is 1.85. The highest BCUT2D eigenvalue weighted by Crippen LogP contribution is 2.43. The number of anilines is 1. The topological polar surface area (TPSA) is 76.4 Å². The number of phenolic OH excluding ortho intramolecular Hbond substituents is 1. The molecule has 0 bridgehead atoms. The predicted molar refractivity (Wildman–Crippen MR) is 109 cm³/mol. The summed E-state index contributed by atoms with van der Waals surface area (Å²) in [4.78, 5) is 16.5. The third-order valence-corrected chi connectivity index (χ3v) is 6.09. The van der Waals surface area contributed by atoms with Crippen LogP contribution in [0.2, 0.25) is 0 Å². The molecular weight excluding hydrogens is 430 g/mol. The van der Waals surface area contributed by atoms with Crippen LogP contribution in [0.25, 0.3) is 5.69 Å². The Morgan fingerprint density at radius 2 is 2.07 bits per heavy atom. The summed E-state index contributed by atoms with van der Waals surface area (Å²) in [5, 5.41) is 12.9. The molecule has 0 unspecified atom stereocenters. The number of carbonyl (C=O) groups is 1. The van der Waals surface area contributed by atoms with E-state index in [9.17, 15) is 9.90 Å². The number of rotatable bonds is 3. The molecule has 4 rings (SSSR count). The van der Waals surface area contributed by atoms with E-state index < -0.39 is 0 Å². The van der Waals surface area contributed by atoms with E-state index in [1.165, 1.54) is 18.9 Å². The second kappa shape index (κ2) is 7.28. The lowest BCUT2D eigenvalue weighted by Crippen LogP contribution is -2.12. The molecule has 0 aliphatic carbocycles. The van der Waals surface area contributed by atoms with Crippen LogP contribution >= 0.6 is 27.7 Å². The zero-order valence-corrected chi connectivity index (χ0v) is 16.8. The predicted octanol–water partition coefficient (Wildman–Crippen LogP) is 4.12. The van der Waals surface area contributed by atoms with Crippen LogP contribution in [0.3, 0.4) is 0 Å². The van der Waals surface area contributed by atoms with Gasteiger partial charge in [0.15, 0.2) is 17.3 Å². The molecule has 2 heterocycles. The lowest BCUT2D eigenvalue weighted by atomic mass is 10.1. The molecule has 1 aliphatic rings. The minimum Gasteiger partial charge on any atom is -0.504 e. The van der Waals surface area contributed by atoms with Crippen LogP contribution in [0.4, 0.5) is 5.82 Å². The number of aromatic hydroxyl groups is 1. The second-order valence-electron chi connectivity index (χ2n) is 6.00. The summed E-state index contributed by atoms with van der Waals surface area (Å²) < 4.78 is 8.09. The maximum Gasteiger partial charge on any atom is 0.235 e. The average molecular weight is 446 g/mol. The van der Waals surface area contributed by atoms with Crippen molar-refractivity contribution in [2.24, 2.45) is 0 Å². The van der Waals surface area contributed by atoms with Crippen molar-refractivity contribution in [2.75, 3.05) is 18.2 Å². The van der Waals surface area contributed by atoms with Gasteiger partial charge >= 0.3 is 0 Å². The minimum atomic E-state index is -0.179. The van der Waals surface area contributed by atoms with Gasteiger partial charge in [0.1, 0.15) is 6.33 Å². The molecule has 0 radical (unpaired) electrons. The van der Waals surface area contributed by atoms with Gasteiger partial charge in [-0.15, -0.1) is 11.8 Å². The van der Waals surface area contributed by atoms with E-state index in [0.29, 0.717) is 17.3 Å². The summed E-state index contributed by atoms with van der Waals surface area (Å²) in [5.41, 5.74) is 2.67. The number of ether oxygens (including phenoxy) is 1. The van der Waals surface area contributed by atoms with Crippen LogP contribution < -0.4 is 10.1 Å². The largest absolute Gasteiger partial charge is 0.504 e. The molecule has 8 heteroatoms. The van der Waals surface area contributed by atoms with Gasteiger partial charge < -0.3 is 15.2 Å². The van der Waals surface area contributed by atoms with Gasteiger partial charge in [-0.3, -0.25) is 9.36 Å². The zero-order chi connectivity index (χ0) is 19.0. The van der Waals surface area contributed by atoms with Crippen molar-refractivity contribution in [1.82, 2.24) is 9.55 Å². The van der Waals surface area contributed by atoms with Gasteiger partial charge in [-0.25, -0.2) is 4.98 Å². The number of methoxy groups -OCH3 is 1. The van der Waals surface area contributed by atoms with Crippen molar-refractivity contribution in [2.45, 2.75) is 5.25 Å². The highest BCUT2D eigenvalue weighted by Gasteiger charge is 2.29. The molecule has 1 aliphatic heterocycles. The molecule has 1 aromatic heterocycles. The van der Waals surface area contributed by atoms with Gasteiger partial charge in [-0.2, -0.15) is 0 Å². The molecule has 0 fully saturated rings. The van der Waals surface area contributed by atoms with Crippen LogP contribution in [0.15, 0.2) is 53.3 Å². The van der Waals surface area contributed by atoms with E-state index in [4.69, 9.17) is 4.74 Å². The fourth-order valence-electron chi connectivity index (χ4n) is 3.04. The van der Waals surface area contributed by atoms with E-state index in [2.05, 4.69) is 26.2 Å². The number of nitrogens with one attached hydrogen (secondary N) is 1. The number of phenols is 1. The number of nitrogens with zero attached hydrogens (tertiary/aromatic N) is 2. The number of fused-ring (bicyclic) bond motifs is 1. The standard InChI is InChI=1S/C19H16BrN3O3S/c1-26-15-7-2-11(8-14(15)24)18-17-19(22-16(25)9-27-18)21-10-23(17)13-5-3-12(20)4-6-13/h2-8,10,18,24H,9H2,1H3,(H,22,25)/t18-/m0/s1. The number of hydrogen-bond donors (Lipinski definition) is 2. The van der Waals surface area contributed by atoms with E-state index >= 15 is 0 Å². The number of benzene rings is 2. The first kappa shape index (κ1) is 17.9. The van der Waals surface area contributed by atoms with Crippen LogP contribution in [-0.2, 0) is 4.79 Å². The first-order valence-electron chi connectivity index (χ1n) is 8.18. The van der Waals surface area contributed by atoms with Crippen molar-refractivity contribution < 1.29 is 14.6 Å². The van der Waals surface area contributed by atoms with Gasteiger partial charge in [-0.1, -0.05) is 22.0 Å². The number of amides is 1. The molecule has 1 amide bonds. The quantitative estimate of drug-likeness (QED) is 0.633. The van der Waals surface area contributed by atoms with Crippen molar-refractivity contribution in [1.29, 1.82) is 0 Å². The Morgan fingerprint density at radius 3 is 2.78 bits per heavy atom. The summed E-state index contributed by atoms with van der Waals surface area (Å²) in [6.45, 7) is 0. The molecule has 138 valence electrons. The summed E-state index contributed by atoms with van der Waals surface area (Å²) in [7, 11) is 1.51. The van der Waals surface area contributed by atoms with Crippen molar-refractivity contribution in [3.63, 3.8) is 0 Å². The minimum absolute atomic E-state index is 0.0652. The third kappa shape index (κ3) is 3.42. The molecule has 0 saturated heterocycles. The Labute approximate surface area is 168 Å². The number of carbonyl (C=O) groups excluding carboxylic acids is 1. The molecule has 0 saturated carbocycles. The van der Waals surface area contributed by atoms with Crippen LogP contribution in [-0.4, -0.2) is 33.4 Å². The highest BCUT2D eigenvalue weighted by atomic mass is 79.9. The van der Waals surface area contributed by atoms with Gasteiger partial charge in [0, 0.05) is 10.2 Å². The maximum atomic E-state index is 12.1. The van der Waals surface area contributed by atoms with Crippen molar-refractivity contribution in [3.05, 3.63) is 64.5 Å². The summed E-state index contributed by atoms with van der Waals surface area (Å²) >= 11 is 4.94. The first-order chi connectivity index (χ1) is 13.1. The van der Waals surface area contributed by atoms with Crippen LogP contribution in [0, 0.1) is 0 Å². The lowest BCUT2D eigenvalue weighted by Gasteiger charge is -2.19. The first-order valence-corrected chi connectivity index (χ1v) is 10.0. The molecular formula is C19H16BrN3O3S. The van der Waals surface area contributed by atoms with Crippen molar-refractivity contribution >= 4 is 39.4 Å². The van der Waals surface area contributed by atoms with Gasteiger partial charge in [0.2, 0.25) is 5.91 Å². The van der Waals surface area contributed by atoms with E-state index in [1.807, 2.05) is 34.9 Å². The maximum absolute atomic E-state index is 12.1. The molecule has 3 aromatic rings. The highest BCUT2D eigenvalue weighted by molar-refractivity contribution is 9.10. The van der Waals surface area contributed by atoms with Crippen molar-refractivity contribution in [3.8, 4) is 17.2 Å². The number of imidazole rings is 1. The fraction of sp³-hybridized carbons (Fsp3) is 0.158. The summed E-state index contributed by atoms with van der Waals surface area (Å²) in [5.74, 6) is 1.22. The number of aromatic nitrogens is 2. The lowest BCUT2D eigenvalue weighted by molar-refractivity contribution is -0.113. The Hall–Kier alpha value is -2.45. The normalized spacial score (nSPS) is 16.4. The van der Waals surface area contributed by atoms with Gasteiger partial charge in [0.05, 0.1) is 23.8 Å². The van der Waals surface area contributed by atoms with Crippen LogP contribution in [0.1, 0.15) is 16.5 Å². The molecule has 0 spiro atoms. The monoisotopic (exact) mass is 445 g/mol. The fourth-order valence-corrected chi connectivity index (χ4v) is 4.42. The van der Waals surface area contributed by atoms with E-state index in [0.717, 1.165) is 21.4 Å². The molecule has 2 N–H and O–H groups in total. The summed E-state index contributed by atoms with van der Waals surface area (Å²) in [6.07, 6.45) is 1.70. The Kier molecular flexibility index (Phi) is 4.84. The third-order valence-electron chi connectivity index (χ3n) is 4.30. The molecule has 1 atom stereocenters. The van der Waals surface area contributed by atoms with Gasteiger partial charge in [-0.05, 0) is 42.0 Å². The number of thioether (sulfide) groups is 1. The van der Waals surface area contributed by atoms with E-state index in [-0.39, 0.29) is 16.9 Å². The number of hydrogen-bond acceptors (Lipinski definition) is 5. The second-order valence-corrected chi connectivity index (χ2v) is 8.00. The Bertz CT molecular complexity index is 1000. The van der Waals surface area contributed by atoms with E-state index in [1.54, 1.807) is 18.5 Å². The Morgan fingerprint density at radius 1 is 1.30 bits per heavy atom. The summed E-state index contributed by atoms with van der Waals surface area (Å²) in [6, 6.07) is 13.2. The zero-order valence-electron chi connectivity index (χ0n) is 14.3. The number of halogens is 1. The molecule has 27 heavy (non-hydrogen) atoms. The molecule has 2 aromatic carbocycles. The molecule has 6 nitrogen and oxygen atoms in total. The van der Waals surface area contributed by atoms with Crippen LogP contribution in [0.5, 0.6) is 11.5 Å².